The lowest BCUT2D eigenvalue weighted by molar-refractivity contribution is 0.313. The van der Waals surface area contributed by atoms with Gasteiger partial charge in [0, 0.05) is 37.9 Å². The van der Waals surface area contributed by atoms with Crippen molar-refractivity contribution in [3.8, 4) is 11.1 Å². The molecule has 2 aromatic carbocycles. The second kappa shape index (κ2) is 8.57. The maximum atomic E-state index is 14.8. The van der Waals surface area contributed by atoms with Crippen molar-refractivity contribution in [3.05, 3.63) is 64.3 Å². The van der Waals surface area contributed by atoms with Gasteiger partial charge in [0.15, 0.2) is 0 Å². The summed E-state index contributed by atoms with van der Waals surface area (Å²) in [6.07, 6.45) is 0. The zero-order valence-electron chi connectivity index (χ0n) is 17.0. The van der Waals surface area contributed by atoms with Crippen molar-refractivity contribution in [1.82, 2.24) is 4.90 Å². The number of likely N-dealkylation sites (N-methyl/N-ethyl adjacent to an activating group) is 1. The van der Waals surface area contributed by atoms with Crippen LogP contribution in [0, 0.1) is 12.7 Å². The molecule has 0 aliphatic carbocycles. The van der Waals surface area contributed by atoms with Gasteiger partial charge in [-0.15, -0.1) is 0 Å². The molecule has 0 bridgehead atoms. The number of hydrogen-bond donors (Lipinski definition) is 0. The molecule has 1 aromatic heterocycles. The maximum Gasteiger partial charge on any atom is 0.344 e. The molecular formula is C23H27FN2O2. The third-order valence-electron chi connectivity index (χ3n) is 5.02. The van der Waals surface area contributed by atoms with Gasteiger partial charge in [0.2, 0.25) is 0 Å². The topological polar surface area (TPSA) is 36.7 Å². The summed E-state index contributed by atoms with van der Waals surface area (Å²) in [5, 5.41) is 0.332. The number of piperazine rings is 1. The molecule has 1 saturated heterocycles. The molecule has 0 atom stereocenters. The minimum absolute atomic E-state index is 0.291. The van der Waals surface area contributed by atoms with E-state index in [2.05, 4.69) is 16.8 Å². The molecular weight excluding hydrogens is 355 g/mol. The van der Waals surface area contributed by atoms with Crippen molar-refractivity contribution in [1.29, 1.82) is 0 Å². The number of rotatable bonds is 2. The van der Waals surface area contributed by atoms with Gasteiger partial charge in [-0.25, -0.2) is 9.18 Å². The molecule has 4 rings (SSSR count). The normalized spacial score (nSPS) is 14.7. The number of benzene rings is 2. The van der Waals surface area contributed by atoms with Gasteiger partial charge in [-0.3, -0.25) is 0 Å². The Morgan fingerprint density at radius 2 is 1.61 bits per heavy atom. The van der Waals surface area contributed by atoms with E-state index >= 15 is 0 Å². The average Bonchev–Trinajstić information content (AvgIpc) is 2.70. The van der Waals surface area contributed by atoms with Crippen LogP contribution >= 0.6 is 0 Å². The number of anilines is 1. The highest BCUT2D eigenvalue weighted by atomic mass is 19.1. The Morgan fingerprint density at radius 3 is 2.25 bits per heavy atom. The van der Waals surface area contributed by atoms with E-state index in [1.807, 2.05) is 45.0 Å². The van der Waals surface area contributed by atoms with Crippen LogP contribution in [0.5, 0.6) is 0 Å². The summed E-state index contributed by atoms with van der Waals surface area (Å²) in [5.74, 6) is -0.367. The number of nitrogens with zero attached hydrogens (tertiary/aromatic N) is 2. The van der Waals surface area contributed by atoms with E-state index in [0.29, 0.717) is 16.5 Å². The molecule has 4 nitrogen and oxygen atoms in total. The van der Waals surface area contributed by atoms with Crippen molar-refractivity contribution in [2.45, 2.75) is 20.8 Å². The minimum Gasteiger partial charge on any atom is -0.422 e. The summed E-state index contributed by atoms with van der Waals surface area (Å²) >= 11 is 0. The molecule has 148 valence electrons. The lowest BCUT2D eigenvalue weighted by Crippen LogP contribution is -2.44. The second-order valence-electron chi connectivity index (χ2n) is 6.94. The predicted octanol–water partition coefficient (Wildman–Crippen LogP) is 4.69. The van der Waals surface area contributed by atoms with Crippen LogP contribution in [0.4, 0.5) is 10.1 Å². The van der Waals surface area contributed by atoms with Crippen LogP contribution in [-0.4, -0.2) is 38.1 Å². The first-order valence-electron chi connectivity index (χ1n) is 9.79. The summed E-state index contributed by atoms with van der Waals surface area (Å²) in [7, 11) is 2.07. The first-order valence-corrected chi connectivity index (χ1v) is 9.79. The Labute approximate surface area is 165 Å². The van der Waals surface area contributed by atoms with Gasteiger partial charge in [-0.05, 0) is 31.7 Å². The van der Waals surface area contributed by atoms with Gasteiger partial charge in [0.05, 0.1) is 10.9 Å². The molecule has 0 spiro atoms. The highest BCUT2D eigenvalue weighted by Gasteiger charge is 2.18. The molecule has 1 fully saturated rings. The highest BCUT2D eigenvalue weighted by molar-refractivity contribution is 5.85. The van der Waals surface area contributed by atoms with Gasteiger partial charge in [-0.2, -0.15) is 0 Å². The summed E-state index contributed by atoms with van der Waals surface area (Å²) < 4.78 is 20.2. The molecule has 0 radical (unpaired) electrons. The smallest absolute Gasteiger partial charge is 0.344 e. The van der Waals surface area contributed by atoms with Crippen molar-refractivity contribution in [2.24, 2.45) is 0 Å². The van der Waals surface area contributed by atoms with Crippen LogP contribution < -0.4 is 10.5 Å². The van der Waals surface area contributed by atoms with E-state index in [1.54, 1.807) is 12.1 Å². The van der Waals surface area contributed by atoms with Crippen LogP contribution in [0.25, 0.3) is 22.1 Å². The number of aryl methyl sites for hydroxylation is 1. The SMILES string of the molecule is CC.Cc1ccc(-c2cc3c(F)cc(N4CCN(C)CC4)cc3oc2=O)cc1. The molecule has 3 aromatic rings. The van der Waals surface area contributed by atoms with Crippen LogP contribution in [-0.2, 0) is 0 Å². The first kappa shape index (κ1) is 20.1. The Morgan fingerprint density at radius 1 is 0.964 bits per heavy atom. The molecule has 2 heterocycles. The van der Waals surface area contributed by atoms with Crippen LogP contribution in [0.15, 0.2) is 51.7 Å². The third kappa shape index (κ3) is 4.09. The molecule has 5 heteroatoms. The zero-order valence-corrected chi connectivity index (χ0v) is 17.0. The van der Waals surface area contributed by atoms with Gasteiger partial charge >= 0.3 is 5.63 Å². The fraction of sp³-hybridized carbons (Fsp3) is 0.348. The van der Waals surface area contributed by atoms with E-state index in [4.69, 9.17) is 4.42 Å². The van der Waals surface area contributed by atoms with E-state index in [0.717, 1.165) is 43.0 Å². The Kier molecular flexibility index (Phi) is 6.15. The van der Waals surface area contributed by atoms with Gasteiger partial charge < -0.3 is 14.2 Å². The predicted molar refractivity (Wildman–Crippen MR) is 114 cm³/mol. The van der Waals surface area contributed by atoms with Crippen molar-refractivity contribution in [2.75, 3.05) is 38.1 Å². The maximum absolute atomic E-state index is 14.8. The number of halogens is 1. The molecule has 0 amide bonds. The van der Waals surface area contributed by atoms with Gasteiger partial charge in [0.1, 0.15) is 11.4 Å². The monoisotopic (exact) mass is 382 g/mol. The standard InChI is InChI=1S/C21H21FN2O2.C2H6/c1-14-3-5-15(6-4-14)17-13-18-19(22)11-16(12-20(18)26-21(17)25)24-9-7-23(2)8-10-24;1-2/h3-6,11-13H,7-10H2,1-2H3;1-2H3. The summed E-state index contributed by atoms with van der Waals surface area (Å²) in [6, 6.07) is 12.4. The quantitative estimate of drug-likeness (QED) is 0.603. The summed E-state index contributed by atoms with van der Waals surface area (Å²) in [4.78, 5) is 16.8. The Hall–Kier alpha value is -2.66. The van der Waals surface area contributed by atoms with Crippen LogP contribution in [0.2, 0.25) is 0 Å². The Balaban J connectivity index is 0.00000109. The first-order chi connectivity index (χ1) is 13.5. The fourth-order valence-electron chi connectivity index (χ4n) is 3.34. The van der Waals surface area contributed by atoms with E-state index in [9.17, 15) is 9.18 Å². The number of fused-ring (bicyclic) bond motifs is 1. The van der Waals surface area contributed by atoms with Crippen molar-refractivity contribution in [3.63, 3.8) is 0 Å². The Bertz CT molecular complexity index is 1000. The van der Waals surface area contributed by atoms with E-state index in [-0.39, 0.29) is 5.82 Å². The van der Waals surface area contributed by atoms with Crippen LogP contribution in [0.3, 0.4) is 0 Å². The zero-order chi connectivity index (χ0) is 20.3. The third-order valence-corrected chi connectivity index (χ3v) is 5.02. The molecule has 1 aliphatic heterocycles. The van der Waals surface area contributed by atoms with E-state index in [1.165, 1.54) is 6.07 Å². The largest absolute Gasteiger partial charge is 0.422 e. The highest BCUT2D eigenvalue weighted by Crippen LogP contribution is 2.28. The molecule has 0 saturated carbocycles. The van der Waals surface area contributed by atoms with Gasteiger partial charge in [-0.1, -0.05) is 43.7 Å². The second-order valence-corrected chi connectivity index (χ2v) is 6.94. The lowest BCUT2D eigenvalue weighted by Gasteiger charge is -2.34. The van der Waals surface area contributed by atoms with Crippen LogP contribution in [0.1, 0.15) is 19.4 Å². The number of hydrogen-bond acceptors (Lipinski definition) is 4. The van der Waals surface area contributed by atoms with Crippen molar-refractivity contribution < 1.29 is 8.81 Å². The van der Waals surface area contributed by atoms with Gasteiger partial charge in [0.25, 0.3) is 0 Å². The molecule has 28 heavy (non-hydrogen) atoms. The molecule has 0 N–H and O–H groups in total. The lowest BCUT2D eigenvalue weighted by atomic mass is 10.0. The summed E-state index contributed by atoms with van der Waals surface area (Å²) in [6.45, 7) is 9.48. The minimum atomic E-state index is -0.448. The molecule has 0 unspecified atom stereocenters. The fourth-order valence-corrected chi connectivity index (χ4v) is 3.34. The van der Waals surface area contributed by atoms with Crippen molar-refractivity contribution >= 4 is 16.7 Å². The molecule has 1 aliphatic rings. The average molecular weight is 382 g/mol. The summed E-state index contributed by atoms with van der Waals surface area (Å²) in [5.41, 5.74) is 2.81. The van der Waals surface area contributed by atoms with E-state index < -0.39 is 5.63 Å².